The highest BCUT2D eigenvalue weighted by molar-refractivity contribution is 8.00. The number of hydrogen-bond donors (Lipinski definition) is 2. The van der Waals surface area contributed by atoms with Gasteiger partial charge in [0, 0.05) is 17.8 Å². The average Bonchev–Trinajstić information content (AvgIpc) is 3.13. The van der Waals surface area contributed by atoms with Crippen LogP contribution in [0.3, 0.4) is 0 Å². The van der Waals surface area contributed by atoms with Crippen LogP contribution in [0.2, 0.25) is 0 Å². The molecular weight excluding hydrogens is 402 g/mol. The predicted molar refractivity (Wildman–Crippen MR) is 117 cm³/mol. The van der Waals surface area contributed by atoms with Crippen molar-refractivity contribution in [2.45, 2.75) is 43.9 Å². The molecule has 0 saturated heterocycles. The molecule has 0 spiro atoms. The van der Waals surface area contributed by atoms with E-state index >= 15 is 0 Å². The van der Waals surface area contributed by atoms with Gasteiger partial charge in [-0.15, -0.1) is 0 Å². The molecule has 0 saturated carbocycles. The number of aryl methyl sites for hydroxylation is 2. The van der Waals surface area contributed by atoms with Gasteiger partial charge >= 0.3 is 10.7 Å². The first-order valence-corrected chi connectivity index (χ1v) is 10.7. The summed E-state index contributed by atoms with van der Waals surface area (Å²) in [5.74, 6) is 0.559. The summed E-state index contributed by atoms with van der Waals surface area (Å²) in [7, 11) is 1.59. The van der Waals surface area contributed by atoms with Gasteiger partial charge < -0.3 is 10.1 Å². The fraction of sp³-hybridized carbons (Fsp3) is 0.318. The van der Waals surface area contributed by atoms with Crippen molar-refractivity contribution in [3.8, 4) is 11.4 Å². The number of para-hydroxylation sites is 1. The van der Waals surface area contributed by atoms with Crippen LogP contribution in [0, 0.1) is 6.92 Å². The van der Waals surface area contributed by atoms with Gasteiger partial charge in [0.25, 0.3) is 0 Å². The first-order chi connectivity index (χ1) is 14.5. The molecule has 0 radical (unpaired) electrons. The van der Waals surface area contributed by atoms with Crippen LogP contribution in [0.4, 0.5) is 5.69 Å². The topological polar surface area (TPSA) is 88.2 Å². The number of benzene rings is 2. The third-order valence-corrected chi connectivity index (χ3v) is 6.25. The molecule has 0 bridgehead atoms. The van der Waals surface area contributed by atoms with Gasteiger partial charge in [0.15, 0.2) is 0 Å². The Morgan fingerprint density at radius 3 is 2.60 bits per heavy atom. The summed E-state index contributed by atoms with van der Waals surface area (Å²) in [6.07, 6.45) is 1.37. The molecule has 7 nitrogen and oxygen atoms in total. The van der Waals surface area contributed by atoms with Crippen molar-refractivity contribution in [1.82, 2.24) is 5.27 Å². The Bertz CT molecular complexity index is 1070. The number of anilines is 1. The molecule has 2 N–H and O–H groups in total. The number of methoxy groups -OCH3 is 1. The standard InChI is InChI=1S/C22H25N3O4S/c1-5-15-9-7-8-14(3)19(15)23-20(26)18(6-2)30-21-22(27)29-24-25(21)16-10-12-17(28-4)13-11-16/h7-13,18H,5-6H2,1-4H3,(H-,23,24,26,27)/p+1. The third kappa shape index (κ3) is 4.59. The summed E-state index contributed by atoms with van der Waals surface area (Å²) in [6.45, 7) is 5.95. The van der Waals surface area contributed by atoms with E-state index in [9.17, 15) is 9.59 Å². The van der Waals surface area contributed by atoms with Crippen LogP contribution in [0.25, 0.3) is 5.69 Å². The van der Waals surface area contributed by atoms with E-state index in [-0.39, 0.29) is 5.91 Å². The zero-order valence-corrected chi connectivity index (χ0v) is 18.3. The molecule has 0 fully saturated rings. The highest BCUT2D eigenvalue weighted by Crippen LogP contribution is 2.26. The van der Waals surface area contributed by atoms with Gasteiger partial charge in [0.1, 0.15) is 5.75 Å². The highest BCUT2D eigenvalue weighted by atomic mass is 32.2. The molecule has 3 aromatic rings. The maximum absolute atomic E-state index is 13.0. The molecule has 0 aliphatic carbocycles. The van der Waals surface area contributed by atoms with Gasteiger partial charge in [-0.1, -0.05) is 32.0 Å². The van der Waals surface area contributed by atoms with Crippen molar-refractivity contribution in [1.29, 1.82) is 0 Å². The smallest absolute Gasteiger partial charge is 0.442 e. The molecule has 8 heteroatoms. The Morgan fingerprint density at radius 2 is 1.97 bits per heavy atom. The van der Waals surface area contributed by atoms with Gasteiger partial charge in [-0.2, -0.15) is 0 Å². The normalized spacial score (nSPS) is 11.9. The van der Waals surface area contributed by atoms with Crippen molar-refractivity contribution >= 4 is 23.4 Å². The first kappa shape index (κ1) is 21.7. The summed E-state index contributed by atoms with van der Waals surface area (Å²) in [5, 5.41) is 5.51. The van der Waals surface area contributed by atoms with E-state index in [0.717, 1.165) is 23.2 Å². The number of rotatable bonds is 8. The number of aromatic amines is 1. The molecule has 1 amide bonds. The Labute approximate surface area is 179 Å². The lowest BCUT2D eigenvalue weighted by molar-refractivity contribution is -0.704. The number of carbonyl (C=O) groups is 1. The van der Waals surface area contributed by atoms with Crippen LogP contribution in [0.1, 0.15) is 31.4 Å². The second kappa shape index (κ2) is 9.67. The lowest BCUT2D eigenvalue weighted by atomic mass is 10.1. The van der Waals surface area contributed by atoms with E-state index in [2.05, 4.69) is 17.5 Å². The molecule has 1 atom stereocenters. The van der Waals surface area contributed by atoms with Crippen LogP contribution in [0.5, 0.6) is 5.75 Å². The molecule has 1 heterocycles. The third-order valence-electron chi connectivity index (χ3n) is 4.84. The summed E-state index contributed by atoms with van der Waals surface area (Å²) >= 11 is 1.18. The van der Waals surface area contributed by atoms with Gasteiger partial charge in [-0.25, -0.2) is 4.79 Å². The van der Waals surface area contributed by atoms with Crippen LogP contribution < -0.4 is 20.4 Å². The lowest BCUT2D eigenvalue weighted by Crippen LogP contribution is -2.37. The summed E-state index contributed by atoms with van der Waals surface area (Å²) in [4.78, 5) is 25.4. The zero-order valence-electron chi connectivity index (χ0n) is 17.5. The van der Waals surface area contributed by atoms with Crippen LogP contribution in [0.15, 0.2) is 56.8 Å². The monoisotopic (exact) mass is 428 g/mol. The summed E-state index contributed by atoms with van der Waals surface area (Å²) in [6, 6.07) is 13.1. The van der Waals surface area contributed by atoms with E-state index < -0.39 is 10.9 Å². The van der Waals surface area contributed by atoms with Crippen LogP contribution in [-0.2, 0) is 11.2 Å². The van der Waals surface area contributed by atoms with E-state index in [1.807, 2.05) is 32.0 Å². The van der Waals surface area contributed by atoms with Crippen molar-refractivity contribution in [2.24, 2.45) is 0 Å². The van der Waals surface area contributed by atoms with E-state index in [1.54, 1.807) is 31.4 Å². The molecule has 1 unspecified atom stereocenters. The summed E-state index contributed by atoms with van der Waals surface area (Å²) < 4.78 is 11.7. The second-order valence-electron chi connectivity index (χ2n) is 6.79. The van der Waals surface area contributed by atoms with Crippen molar-refractivity contribution in [2.75, 3.05) is 12.4 Å². The molecule has 3 rings (SSSR count). The van der Waals surface area contributed by atoms with E-state index in [4.69, 9.17) is 9.26 Å². The molecule has 1 aromatic heterocycles. The molecule has 30 heavy (non-hydrogen) atoms. The Balaban J connectivity index is 1.85. The first-order valence-electron chi connectivity index (χ1n) is 9.82. The number of aromatic nitrogens is 2. The molecule has 158 valence electrons. The number of amides is 1. The molecule has 2 aromatic carbocycles. The summed E-state index contributed by atoms with van der Waals surface area (Å²) in [5.41, 5.74) is 3.11. The maximum atomic E-state index is 13.0. The largest absolute Gasteiger partial charge is 0.497 e. The zero-order chi connectivity index (χ0) is 21.7. The number of carbonyl (C=O) groups excluding carboxylic acids is 1. The highest BCUT2D eigenvalue weighted by Gasteiger charge is 2.30. The van der Waals surface area contributed by atoms with E-state index in [0.29, 0.717) is 22.9 Å². The lowest BCUT2D eigenvalue weighted by Gasteiger charge is -2.16. The van der Waals surface area contributed by atoms with Gasteiger partial charge in [-0.05, 0) is 64.7 Å². The fourth-order valence-electron chi connectivity index (χ4n) is 3.13. The average molecular weight is 429 g/mol. The van der Waals surface area contributed by atoms with Gasteiger partial charge in [0.05, 0.1) is 12.4 Å². The molecular formula is C22H26N3O4S+. The van der Waals surface area contributed by atoms with E-state index in [1.165, 1.54) is 16.4 Å². The fourth-order valence-corrected chi connectivity index (χ4v) is 4.12. The van der Waals surface area contributed by atoms with Crippen molar-refractivity contribution < 1.29 is 18.7 Å². The minimum Gasteiger partial charge on any atom is -0.497 e. The minimum absolute atomic E-state index is 0.145. The number of nitrogens with zero attached hydrogens (tertiary/aromatic N) is 1. The van der Waals surface area contributed by atoms with Crippen LogP contribution >= 0.6 is 11.8 Å². The minimum atomic E-state index is -0.521. The van der Waals surface area contributed by atoms with Crippen molar-refractivity contribution in [3.05, 3.63) is 64.0 Å². The van der Waals surface area contributed by atoms with Gasteiger partial charge in [-0.3, -0.25) is 9.32 Å². The maximum Gasteiger partial charge on any atom is 0.442 e. The van der Waals surface area contributed by atoms with Gasteiger partial charge in [0.2, 0.25) is 11.6 Å². The second-order valence-corrected chi connectivity index (χ2v) is 7.98. The Morgan fingerprint density at radius 1 is 1.23 bits per heavy atom. The predicted octanol–water partition coefficient (Wildman–Crippen LogP) is 3.63. The number of nitrogens with one attached hydrogen (secondary N) is 2. The quantitative estimate of drug-likeness (QED) is 0.423. The number of hydrogen-bond acceptors (Lipinski definition) is 5. The molecule has 0 aliphatic rings. The Hall–Kier alpha value is -3.00. The number of thioether (sulfide) groups is 1. The van der Waals surface area contributed by atoms with Crippen LogP contribution in [-0.4, -0.2) is 23.5 Å². The number of H-pyrrole nitrogens is 1. The molecule has 0 aliphatic heterocycles. The Kier molecular flexibility index (Phi) is 6.99. The SMILES string of the molecule is CCc1cccc(C)c1NC(=O)C(CC)Sc1c(=O)o[nH][n+]1-c1ccc(OC)cc1. The number of ether oxygens (including phenoxy) is 1. The van der Waals surface area contributed by atoms with Crippen molar-refractivity contribution in [3.63, 3.8) is 0 Å².